The third kappa shape index (κ3) is 4.57. The summed E-state index contributed by atoms with van der Waals surface area (Å²) in [6.45, 7) is 2.27. The van der Waals surface area contributed by atoms with Crippen molar-refractivity contribution in [2.45, 2.75) is 49.5 Å². The molecule has 0 radical (unpaired) electrons. The molecule has 21 heavy (non-hydrogen) atoms. The van der Waals surface area contributed by atoms with E-state index in [-0.39, 0.29) is 4.90 Å². The summed E-state index contributed by atoms with van der Waals surface area (Å²) < 4.78 is 26.6. The molecule has 1 aliphatic carbocycles. The third-order valence-corrected chi connectivity index (χ3v) is 5.08. The number of sulfonamides is 1. The van der Waals surface area contributed by atoms with Crippen LogP contribution in [0.5, 0.6) is 0 Å². The van der Waals surface area contributed by atoms with Gasteiger partial charge in [0.2, 0.25) is 10.0 Å². The fourth-order valence-corrected chi connectivity index (χ4v) is 3.12. The maximum atomic E-state index is 12.0. The van der Waals surface area contributed by atoms with Crippen molar-refractivity contribution in [2.24, 2.45) is 0 Å². The lowest BCUT2D eigenvalue weighted by atomic mass is 9.81. The molecule has 1 fully saturated rings. The summed E-state index contributed by atoms with van der Waals surface area (Å²) in [7, 11) is -3.43. The van der Waals surface area contributed by atoms with Crippen LogP contribution in [0.25, 0.3) is 0 Å². The van der Waals surface area contributed by atoms with Crippen molar-refractivity contribution in [1.29, 1.82) is 0 Å². The van der Waals surface area contributed by atoms with Crippen LogP contribution in [0.1, 0.15) is 37.7 Å². The minimum atomic E-state index is -3.43. The molecule has 0 bridgehead atoms. The number of aryl methyl sites for hydroxylation is 1. The minimum absolute atomic E-state index is 0.281. The summed E-state index contributed by atoms with van der Waals surface area (Å²) in [5, 5.41) is 9.78. The molecule has 2 N–H and O–H groups in total. The van der Waals surface area contributed by atoms with Crippen LogP contribution in [0.15, 0.2) is 29.2 Å². The van der Waals surface area contributed by atoms with E-state index in [1.165, 1.54) is 0 Å². The highest BCUT2D eigenvalue weighted by Gasteiger charge is 2.31. The van der Waals surface area contributed by atoms with Crippen molar-refractivity contribution >= 4 is 10.0 Å². The highest BCUT2D eigenvalue weighted by molar-refractivity contribution is 7.89. The average molecular weight is 307 g/mol. The number of hydrogen-bond acceptors (Lipinski definition) is 3. The van der Waals surface area contributed by atoms with Crippen LogP contribution in [0.2, 0.25) is 0 Å². The van der Waals surface area contributed by atoms with Gasteiger partial charge in [-0.3, -0.25) is 0 Å². The summed E-state index contributed by atoms with van der Waals surface area (Å²) in [6.07, 6.45) is 3.74. The highest BCUT2D eigenvalue weighted by Crippen LogP contribution is 2.30. The van der Waals surface area contributed by atoms with Gasteiger partial charge >= 0.3 is 0 Å². The second kappa shape index (κ2) is 6.61. The Morgan fingerprint density at radius 1 is 1.29 bits per heavy atom. The molecule has 0 spiro atoms. The van der Waals surface area contributed by atoms with Crippen LogP contribution in [0.3, 0.4) is 0 Å². The van der Waals surface area contributed by atoms with Crippen LogP contribution in [0, 0.1) is 18.8 Å². The van der Waals surface area contributed by atoms with E-state index in [0.29, 0.717) is 19.4 Å². The Labute approximate surface area is 126 Å². The van der Waals surface area contributed by atoms with Crippen LogP contribution in [-0.2, 0) is 10.0 Å². The van der Waals surface area contributed by atoms with Gasteiger partial charge < -0.3 is 5.11 Å². The molecule has 0 atom stereocenters. The summed E-state index contributed by atoms with van der Waals surface area (Å²) in [5.74, 6) is 5.79. The summed E-state index contributed by atoms with van der Waals surface area (Å²) in [4.78, 5) is 0.281. The topological polar surface area (TPSA) is 66.4 Å². The van der Waals surface area contributed by atoms with Crippen molar-refractivity contribution in [2.75, 3.05) is 6.54 Å². The number of rotatable bonds is 5. The SMILES string of the molecule is Cc1ccc(S(=O)(=O)NCCCC#CC2(O)CCC2)cc1. The number of aliphatic hydroxyl groups is 1. The maximum Gasteiger partial charge on any atom is 0.240 e. The monoisotopic (exact) mass is 307 g/mol. The fourth-order valence-electron chi connectivity index (χ4n) is 2.05. The molecular weight excluding hydrogens is 286 g/mol. The highest BCUT2D eigenvalue weighted by atomic mass is 32.2. The van der Waals surface area contributed by atoms with Crippen LogP contribution in [0.4, 0.5) is 0 Å². The van der Waals surface area contributed by atoms with Crippen molar-refractivity contribution in [1.82, 2.24) is 4.72 Å². The number of unbranched alkanes of at least 4 members (excludes halogenated alkanes) is 1. The first-order valence-electron chi connectivity index (χ1n) is 7.20. The Bertz CT molecular complexity index is 634. The summed E-state index contributed by atoms with van der Waals surface area (Å²) in [5.41, 5.74) is 0.250. The van der Waals surface area contributed by atoms with Crippen molar-refractivity contribution in [3.8, 4) is 11.8 Å². The molecule has 5 heteroatoms. The largest absolute Gasteiger partial charge is 0.378 e. The average Bonchev–Trinajstić information content (AvgIpc) is 2.41. The standard InChI is InChI=1S/C16H21NO3S/c1-14-6-8-15(9-7-14)21(19,20)17-13-4-2-3-10-16(18)11-5-12-16/h6-9,17-18H,2,4-5,11-13H2,1H3. The molecule has 1 aromatic carbocycles. The Morgan fingerprint density at radius 2 is 1.95 bits per heavy atom. The molecule has 1 aliphatic rings. The second-order valence-electron chi connectivity index (χ2n) is 5.50. The molecule has 2 rings (SSSR count). The summed E-state index contributed by atoms with van der Waals surface area (Å²) >= 11 is 0. The van der Waals surface area contributed by atoms with E-state index in [1.807, 2.05) is 6.92 Å². The molecular formula is C16H21NO3S. The number of hydrogen-bond donors (Lipinski definition) is 2. The van der Waals surface area contributed by atoms with Gasteiger partial charge in [-0.15, -0.1) is 5.92 Å². The first-order chi connectivity index (χ1) is 9.91. The van der Waals surface area contributed by atoms with Gasteiger partial charge in [-0.25, -0.2) is 13.1 Å². The quantitative estimate of drug-likeness (QED) is 0.645. The van der Waals surface area contributed by atoms with Crippen molar-refractivity contribution in [3.05, 3.63) is 29.8 Å². The maximum absolute atomic E-state index is 12.0. The lowest BCUT2D eigenvalue weighted by molar-refractivity contribution is 0.0239. The van der Waals surface area contributed by atoms with Crippen LogP contribution < -0.4 is 4.72 Å². The van der Waals surface area contributed by atoms with E-state index in [0.717, 1.165) is 24.8 Å². The van der Waals surface area contributed by atoms with E-state index >= 15 is 0 Å². The lowest BCUT2D eigenvalue weighted by Crippen LogP contribution is -2.34. The van der Waals surface area contributed by atoms with Gasteiger partial charge in [0, 0.05) is 13.0 Å². The van der Waals surface area contributed by atoms with Gasteiger partial charge in [0.15, 0.2) is 0 Å². The summed E-state index contributed by atoms with van der Waals surface area (Å²) in [6, 6.07) is 6.76. The zero-order chi connectivity index (χ0) is 15.3. The smallest absolute Gasteiger partial charge is 0.240 e. The molecule has 114 valence electrons. The van der Waals surface area contributed by atoms with Gasteiger partial charge in [0.1, 0.15) is 5.60 Å². The Morgan fingerprint density at radius 3 is 2.52 bits per heavy atom. The zero-order valence-corrected chi connectivity index (χ0v) is 13.0. The van der Waals surface area contributed by atoms with Gasteiger partial charge in [0.05, 0.1) is 4.90 Å². The van der Waals surface area contributed by atoms with Gasteiger partial charge in [-0.1, -0.05) is 23.6 Å². The third-order valence-electron chi connectivity index (χ3n) is 3.60. The van der Waals surface area contributed by atoms with E-state index in [2.05, 4.69) is 16.6 Å². The molecule has 0 heterocycles. The minimum Gasteiger partial charge on any atom is -0.378 e. The fraction of sp³-hybridized carbons (Fsp3) is 0.500. The molecule has 1 saturated carbocycles. The predicted molar refractivity (Wildman–Crippen MR) is 82.2 cm³/mol. The van der Waals surface area contributed by atoms with E-state index in [9.17, 15) is 13.5 Å². The molecule has 1 aromatic rings. The second-order valence-corrected chi connectivity index (χ2v) is 7.27. The Kier molecular flexibility index (Phi) is 5.04. The molecule has 0 unspecified atom stereocenters. The van der Waals surface area contributed by atoms with Crippen LogP contribution >= 0.6 is 0 Å². The van der Waals surface area contributed by atoms with E-state index in [4.69, 9.17) is 0 Å². The molecule has 0 aliphatic heterocycles. The Hall–Kier alpha value is -1.35. The van der Waals surface area contributed by atoms with Crippen molar-refractivity contribution < 1.29 is 13.5 Å². The van der Waals surface area contributed by atoms with Crippen LogP contribution in [-0.4, -0.2) is 25.7 Å². The Balaban J connectivity index is 1.76. The number of benzene rings is 1. The lowest BCUT2D eigenvalue weighted by Gasteiger charge is -2.30. The zero-order valence-electron chi connectivity index (χ0n) is 12.2. The van der Waals surface area contributed by atoms with E-state index < -0.39 is 15.6 Å². The number of nitrogens with one attached hydrogen (secondary N) is 1. The molecule has 0 saturated heterocycles. The van der Waals surface area contributed by atoms with Gasteiger partial charge in [0.25, 0.3) is 0 Å². The van der Waals surface area contributed by atoms with Gasteiger partial charge in [-0.2, -0.15) is 0 Å². The van der Waals surface area contributed by atoms with Gasteiger partial charge in [-0.05, 0) is 44.7 Å². The first-order valence-corrected chi connectivity index (χ1v) is 8.68. The molecule has 0 amide bonds. The van der Waals surface area contributed by atoms with Crippen molar-refractivity contribution in [3.63, 3.8) is 0 Å². The molecule has 4 nitrogen and oxygen atoms in total. The van der Waals surface area contributed by atoms with E-state index in [1.54, 1.807) is 24.3 Å². The molecule has 0 aromatic heterocycles. The first kappa shape index (κ1) is 16.0. The normalized spacial score (nSPS) is 16.7. The predicted octanol–water partition coefficient (Wildman–Crippen LogP) is 1.97.